The Balaban J connectivity index is 0.00000304. The molecule has 5 rings (SSSR count). The van der Waals surface area contributed by atoms with Gasteiger partial charge in [0.25, 0.3) is 0 Å². The summed E-state index contributed by atoms with van der Waals surface area (Å²) in [5, 5.41) is 15.3. The fraction of sp³-hybridized carbons (Fsp3) is 0.462. The van der Waals surface area contributed by atoms with Gasteiger partial charge in [0.05, 0.1) is 17.9 Å². The van der Waals surface area contributed by atoms with Gasteiger partial charge in [0.2, 0.25) is 0 Å². The van der Waals surface area contributed by atoms with Crippen LogP contribution in [0.5, 0.6) is 0 Å². The van der Waals surface area contributed by atoms with Crippen molar-refractivity contribution in [2.75, 3.05) is 13.1 Å². The number of nitriles is 1. The number of hydrogen-bond acceptors (Lipinski definition) is 6. The molecule has 2 N–H and O–H groups in total. The van der Waals surface area contributed by atoms with Crippen LogP contribution in [0.25, 0.3) is 16.7 Å². The van der Waals surface area contributed by atoms with Gasteiger partial charge in [-0.1, -0.05) is 42.3 Å². The average molecular weight is 547 g/mol. The van der Waals surface area contributed by atoms with E-state index in [1.54, 1.807) is 23.0 Å². The number of benzene rings is 1. The van der Waals surface area contributed by atoms with Crippen molar-refractivity contribution in [2.24, 2.45) is 11.7 Å². The maximum absolute atomic E-state index is 9.66. The molecule has 0 amide bonds. The van der Waals surface area contributed by atoms with Crippen LogP contribution in [0.4, 0.5) is 0 Å². The molecule has 3 heterocycles. The molecule has 3 aromatic rings. The van der Waals surface area contributed by atoms with Crippen LogP contribution in [0.15, 0.2) is 30.5 Å². The molecule has 7 nitrogen and oxygen atoms in total. The smallest absolute Gasteiger partial charge is 0.190 e. The van der Waals surface area contributed by atoms with Crippen LogP contribution in [-0.2, 0) is 0 Å². The Labute approximate surface area is 227 Å². The monoisotopic (exact) mass is 545 g/mol. The number of aromatic nitrogens is 4. The van der Waals surface area contributed by atoms with E-state index in [0.29, 0.717) is 39.2 Å². The quantitative estimate of drug-likeness (QED) is 0.445. The van der Waals surface area contributed by atoms with Gasteiger partial charge < -0.3 is 5.73 Å². The van der Waals surface area contributed by atoms with Crippen LogP contribution in [0.3, 0.4) is 0 Å². The first-order chi connectivity index (χ1) is 16.9. The molecule has 36 heavy (non-hydrogen) atoms. The number of nitrogens with two attached hydrogens (primary N) is 1. The van der Waals surface area contributed by atoms with Gasteiger partial charge in [0.1, 0.15) is 11.6 Å². The van der Waals surface area contributed by atoms with Gasteiger partial charge in [-0.2, -0.15) is 10.4 Å². The highest BCUT2D eigenvalue weighted by Crippen LogP contribution is 2.36. The van der Waals surface area contributed by atoms with E-state index in [-0.39, 0.29) is 24.1 Å². The molecule has 1 aliphatic heterocycles. The highest BCUT2D eigenvalue weighted by molar-refractivity contribution is 6.35. The van der Waals surface area contributed by atoms with E-state index in [9.17, 15) is 5.26 Å². The van der Waals surface area contributed by atoms with Gasteiger partial charge in [-0.3, -0.25) is 4.90 Å². The zero-order chi connectivity index (χ0) is 24.7. The topological polar surface area (TPSA) is 96.6 Å². The molecule has 1 saturated heterocycles. The van der Waals surface area contributed by atoms with E-state index in [1.165, 1.54) is 18.4 Å². The Bertz CT molecular complexity index is 1330. The van der Waals surface area contributed by atoms with Crippen molar-refractivity contribution in [1.82, 2.24) is 24.6 Å². The number of nitrogens with zero attached hydrogens (tertiary/aromatic N) is 6. The molecule has 10 heteroatoms. The van der Waals surface area contributed by atoms with E-state index >= 15 is 0 Å². The van der Waals surface area contributed by atoms with Crippen LogP contribution >= 0.6 is 35.6 Å². The molecule has 2 aliphatic rings. The molecule has 1 aliphatic carbocycles. The van der Waals surface area contributed by atoms with Crippen LogP contribution in [0.1, 0.15) is 62.5 Å². The second kappa shape index (κ2) is 11.0. The van der Waals surface area contributed by atoms with Gasteiger partial charge in [0, 0.05) is 28.7 Å². The first-order valence-corrected chi connectivity index (χ1v) is 12.9. The molecule has 4 atom stereocenters. The van der Waals surface area contributed by atoms with Crippen LogP contribution in [0, 0.1) is 17.2 Å². The van der Waals surface area contributed by atoms with Crippen molar-refractivity contribution in [3.05, 3.63) is 57.5 Å². The zero-order valence-corrected chi connectivity index (χ0v) is 22.7. The number of halogens is 3. The molecule has 0 saturated carbocycles. The molecule has 2 aromatic heterocycles. The molecule has 0 bridgehead atoms. The summed E-state index contributed by atoms with van der Waals surface area (Å²) in [5.74, 6) is 0.492. The van der Waals surface area contributed by atoms with Gasteiger partial charge >= 0.3 is 0 Å². The fourth-order valence-corrected chi connectivity index (χ4v) is 6.23. The summed E-state index contributed by atoms with van der Waals surface area (Å²) in [6.07, 6.45) is 8.40. The predicted molar refractivity (Wildman–Crippen MR) is 147 cm³/mol. The van der Waals surface area contributed by atoms with Crippen molar-refractivity contribution >= 4 is 52.3 Å². The molecule has 0 radical (unpaired) electrons. The average Bonchev–Trinajstić information content (AvgIpc) is 3.47. The molecule has 1 aromatic carbocycles. The van der Waals surface area contributed by atoms with Crippen LogP contribution < -0.4 is 5.73 Å². The Hall–Kier alpha value is -2.21. The maximum Gasteiger partial charge on any atom is 0.190 e. The lowest BCUT2D eigenvalue weighted by Crippen LogP contribution is -2.46. The minimum atomic E-state index is -0.249. The van der Waals surface area contributed by atoms with Gasteiger partial charge in [-0.25, -0.2) is 14.6 Å². The summed E-state index contributed by atoms with van der Waals surface area (Å²) >= 11 is 12.6. The Morgan fingerprint density at radius 1 is 1.31 bits per heavy atom. The summed E-state index contributed by atoms with van der Waals surface area (Å²) in [6.45, 7) is 6.15. The number of hydrogen-bond donors (Lipinski definition) is 1. The highest BCUT2D eigenvalue weighted by Gasteiger charge is 2.35. The predicted octanol–water partition coefficient (Wildman–Crippen LogP) is 5.64. The first kappa shape index (κ1) is 26.8. The molecule has 1 fully saturated rings. The largest absolute Gasteiger partial charge is 0.329 e. The zero-order valence-electron chi connectivity index (χ0n) is 20.4. The third-order valence-electron chi connectivity index (χ3n) is 7.54. The summed E-state index contributed by atoms with van der Waals surface area (Å²) in [5.41, 5.74) is 10.2. The third kappa shape index (κ3) is 4.85. The number of likely N-dealkylation sites (tertiary alicyclic amines) is 1. The van der Waals surface area contributed by atoms with E-state index in [4.69, 9.17) is 33.9 Å². The summed E-state index contributed by atoms with van der Waals surface area (Å²) in [7, 11) is 0. The van der Waals surface area contributed by atoms with Gasteiger partial charge in [-0.15, -0.1) is 12.4 Å². The SMILES string of the molecule is C[C@@H]1CC(c2cnc3c(C#N)nn([C@H](C)c4ccc(Cl)cc4Cl)c3n2)=CC[C@@H]1N1CCCC1CN.Cl. The molecule has 190 valence electrons. The normalized spacial score (nSPS) is 23.2. The standard InChI is InChI=1S/C26H29Cl2N7.ClH/c1-15-10-17(5-8-24(15)34-9-3-4-19(34)12-29)23-14-31-25-22(13-30)33-35(26(25)32-23)16(2)20-7-6-18(27)11-21(20)28;/h5-7,11,14-16,19,24H,3-4,8-10,12,29H2,1-2H3;1H/t15-,16-,19?,24+;/m1./s1. The van der Waals surface area contributed by atoms with Crippen LogP contribution in [0.2, 0.25) is 10.0 Å². The van der Waals surface area contributed by atoms with E-state index in [1.807, 2.05) is 13.0 Å². The van der Waals surface area contributed by atoms with Crippen LogP contribution in [-0.4, -0.2) is 49.8 Å². The first-order valence-electron chi connectivity index (χ1n) is 12.2. The second-order valence-corrected chi connectivity index (χ2v) is 10.5. The van der Waals surface area contributed by atoms with E-state index < -0.39 is 0 Å². The van der Waals surface area contributed by atoms with Gasteiger partial charge in [-0.05, 0) is 68.3 Å². The van der Waals surface area contributed by atoms with Crippen molar-refractivity contribution in [3.63, 3.8) is 0 Å². The van der Waals surface area contributed by atoms with Gasteiger partial charge in [0.15, 0.2) is 11.3 Å². The highest BCUT2D eigenvalue weighted by atomic mass is 35.5. The lowest BCUT2D eigenvalue weighted by molar-refractivity contribution is 0.135. The fourth-order valence-electron chi connectivity index (χ4n) is 5.66. The minimum Gasteiger partial charge on any atom is -0.329 e. The lowest BCUT2D eigenvalue weighted by Gasteiger charge is -2.38. The lowest BCUT2D eigenvalue weighted by atomic mass is 9.83. The Kier molecular flexibility index (Phi) is 8.23. The van der Waals surface area contributed by atoms with E-state index in [0.717, 1.165) is 37.2 Å². The summed E-state index contributed by atoms with van der Waals surface area (Å²) in [6, 6.07) is 8.30. The Morgan fingerprint density at radius 2 is 2.11 bits per heavy atom. The van der Waals surface area contributed by atoms with Crippen molar-refractivity contribution < 1.29 is 0 Å². The van der Waals surface area contributed by atoms with Crippen molar-refractivity contribution in [2.45, 2.75) is 57.7 Å². The molecular weight excluding hydrogens is 517 g/mol. The number of allylic oxidation sites excluding steroid dienone is 1. The summed E-state index contributed by atoms with van der Waals surface area (Å²) < 4.78 is 1.74. The summed E-state index contributed by atoms with van der Waals surface area (Å²) in [4.78, 5) is 12.2. The molecule has 0 spiro atoms. The van der Waals surface area contributed by atoms with Crippen molar-refractivity contribution in [1.29, 1.82) is 5.26 Å². The molecular formula is C26H30Cl3N7. The molecule has 1 unspecified atom stereocenters. The number of fused-ring (bicyclic) bond motifs is 1. The third-order valence-corrected chi connectivity index (χ3v) is 8.11. The maximum atomic E-state index is 9.66. The minimum absolute atomic E-state index is 0. The van der Waals surface area contributed by atoms with E-state index in [2.05, 4.69) is 34.1 Å². The van der Waals surface area contributed by atoms with Crippen molar-refractivity contribution in [3.8, 4) is 6.07 Å². The second-order valence-electron chi connectivity index (χ2n) is 9.66. The number of rotatable bonds is 5. The Morgan fingerprint density at radius 3 is 2.81 bits per heavy atom.